The monoisotopic (exact) mass is 420 g/mol. The molecule has 8 nitrogen and oxygen atoms in total. The predicted octanol–water partition coefficient (Wildman–Crippen LogP) is 2.63. The second-order valence-electron chi connectivity index (χ2n) is 5.12. The lowest BCUT2D eigenvalue weighted by atomic mass is 10.2. The van der Waals surface area contributed by atoms with Crippen molar-refractivity contribution in [2.45, 2.75) is 6.61 Å². The third kappa shape index (κ3) is 4.14. The van der Waals surface area contributed by atoms with E-state index in [1.165, 1.54) is 25.5 Å². The van der Waals surface area contributed by atoms with Crippen LogP contribution >= 0.6 is 15.9 Å². The number of nitrogen functional groups attached to an aromatic ring is 1. The molecule has 0 spiro atoms. The van der Waals surface area contributed by atoms with Crippen molar-refractivity contribution in [2.75, 3.05) is 12.8 Å². The molecule has 26 heavy (non-hydrogen) atoms. The highest BCUT2D eigenvalue weighted by molar-refractivity contribution is 9.10. The van der Waals surface area contributed by atoms with Gasteiger partial charge in [0.25, 0.3) is 5.95 Å². The standard InChI is InChI=1S/C16H14BrFN6O2/c1-25-14-7-11(8-20-24-16(19)21-22-23-24)6-13(17)15(14)26-9-10-2-4-12(18)5-3-10/h2-8H,9H2,1H3,(H2,19,21,23)/b20-8+. The zero-order valence-electron chi connectivity index (χ0n) is 13.6. The summed E-state index contributed by atoms with van der Waals surface area (Å²) < 4.78 is 24.8. The van der Waals surface area contributed by atoms with Crippen molar-refractivity contribution in [3.05, 3.63) is 57.8 Å². The number of anilines is 1. The maximum absolute atomic E-state index is 13.0. The molecule has 0 radical (unpaired) electrons. The summed E-state index contributed by atoms with van der Waals surface area (Å²) in [6, 6.07) is 9.63. The van der Waals surface area contributed by atoms with Gasteiger partial charge in [-0.15, -0.1) is 0 Å². The summed E-state index contributed by atoms with van der Waals surface area (Å²) in [7, 11) is 1.53. The zero-order valence-corrected chi connectivity index (χ0v) is 15.2. The van der Waals surface area contributed by atoms with E-state index in [0.29, 0.717) is 16.0 Å². The highest BCUT2D eigenvalue weighted by Gasteiger charge is 2.12. The fraction of sp³-hybridized carbons (Fsp3) is 0.125. The van der Waals surface area contributed by atoms with Crippen LogP contribution in [0, 0.1) is 5.82 Å². The van der Waals surface area contributed by atoms with Crippen LogP contribution in [0.3, 0.4) is 0 Å². The first kappa shape index (κ1) is 17.8. The molecule has 0 amide bonds. The maximum atomic E-state index is 13.0. The van der Waals surface area contributed by atoms with Gasteiger partial charge in [0.1, 0.15) is 12.4 Å². The van der Waals surface area contributed by atoms with Gasteiger partial charge in [-0.3, -0.25) is 0 Å². The molecule has 2 aromatic carbocycles. The Morgan fingerprint density at radius 1 is 1.31 bits per heavy atom. The first-order chi connectivity index (χ1) is 12.6. The van der Waals surface area contributed by atoms with Crippen LogP contribution in [0.15, 0.2) is 46.0 Å². The summed E-state index contributed by atoms with van der Waals surface area (Å²) in [5.41, 5.74) is 7.11. The Morgan fingerprint density at radius 2 is 2.08 bits per heavy atom. The number of nitrogens with two attached hydrogens (primary N) is 1. The van der Waals surface area contributed by atoms with Crippen LogP contribution in [-0.4, -0.2) is 33.6 Å². The van der Waals surface area contributed by atoms with Crippen LogP contribution in [0.4, 0.5) is 10.3 Å². The Bertz CT molecular complexity index is 929. The molecule has 0 unspecified atom stereocenters. The summed E-state index contributed by atoms with van der Waals surface area (Å²) >= 11 is 3.46. The Morgan fingerprint density at radius 3 is 2.73 bits per heavy atom. The first-order valence-electron chi connectivity index (χ1n) is 7.40. The van der Waals surface area contributed by atoms with Gasteiger partial charge in [-0.25, -0.2) is 4.39 Å². The van der Waals surface area contributed by atoms with Crippen molar-refractivity contribution >= 4 is 28.1 Å². The number of methoxy groups -OCH3 is 1. The molecule has 0 aliphatic rings. The average Bonchev–Trinajstić information content (AvgIpc) is 3.05. The lowest BCUT2D eigenvalue weighted by Crippen LogP contribution is -2.01. The Hall–Kier alpha value is -3.01. The van der Waals surface area contributed by atoms with Gasteiger partial charge in [-0.2, -0.15) is 5.10 Å². The van der Waals surface area contributed by atoms with Gasteiger partial charge >= 0.3 is 0 Å². The van der Waals surface area contributed by atoms with Gasteiger partial charge in [0.2, 0.25) is 0 Å². The number of halogens is 2. The molecule has 0 fully saturated rings. The lowest BCUT2D eigenvalue weighted by molar-refractivity contribution is 0.282. The van der Waals surface area contributed by atoms with Crippen LogP contribution in [0.2, 0.25) is 0 Å². The van der Waals surface area contributed by atoms with Gasteiger partial charge < -0.3 is 15.2 Å². The number of rotatable bonds is 6. The van der Waals surface area contributed by atoms with E-state index >= 15 is 0 Å². The van der Waals surface area contributed by atoms with Crippen molar-refractivity contribution in [1.82, 2.24) is 20.3 Å². The minimum Gasteiger partial charge on any atom is -0.493 e. The van der Waals surface area contributed by atoms with Crippen LogP contribution in [0.5, 0.6) is 11.5 Å². The van der Waals surface area contributed by atoms with E-state index < -0.39 is 0 Å². The molecule has 0 saturated heterocycles. The van der Waals surface area contributed by atoms with Gasteiger partial charge in [0.05, 0.1) is 17.8 Å². The number of benzene rings is 2. The van der Waals surface area contributed by atoms with Gasteiger partial charge in [-0.1, -0.05) is 22.0 Å². The maximum Gasteiger partial charge on any atom is 0.263 e. The molecule has 0 saturated carbocycles. The molecule has 0 atom stereocenters. The summed E-state index contributed by atoms with van der Waals surface area (Å²) in [5, 5.41) is 14.6. The second-order valence-corrected chi connectivity index (χ2v) is 5.97. The van der Waals surface area contributed by atoms with E-state index in [2.05, 4.69) is 36.6 Å². The summed E-state index contributed by atoms with van der Waals surface area (Å²) in [5.74, 6) is 0.814. The van der Waals surface area contributed by atoms with Crippen LogP contribution in [0.25, 0.3) is 0 Å². The smallest absolute Gasteiger partial charge is 0.263 e. The first-order valence-corrected chi connectivity index (χ1v) is 8.19. The SMILES string of the molecule is COc1cc(/C=N/n2nnnc2N)cc(Br)c1OCc1ccc(F)cc1. The number of nitrogens with zero attached hydrogens (tertiary/aromatic N) is 5. The molecule has 0 bridgehead atoms. The molecule has 10 heteroatoms. The third-order valence-electron chi connectivity index (χ3n) is 3.34. The van der Waals surface area contributed by atoms with E-state index in [1.807, 2.05) is 0 Å². The van der Waals surface area contributed by atoms with Crippen molar-refractivity contribution in [3.63, 3.8) is 0 Å². The number of tetrazole rings is 1. The topological polar surface area (TPSA) is 100 Å². The fourth-order valence-electron chi connectivity index (χ4n) is 2.08. The molecule has 0 aliphatic heterocycles. The summed E-state index contributed by atoms with van der Waals surface area (Å²) in [4.78, 5) is 1.10. The molecular formula is C16H14BrFN6O2. The van der Waals surface area contributed by atoms with E-state index in [4.69, 9.17) is 15.2 Å². The minimum atomic E-state index is -0.292. The molecule has 134 valence electrons. The molecular weight excluding hydrogens is 407 g/mol. The summed E-state index contributed by atoms with van der Waals surface area (Å²) in [6.07, 6.45) is 1.53. The Balaban J connectivity index is 1.79. The second kappa shape index (κ2) is 7.91. The van der Waals surface area contributed by atoms with E-state index in [-0.39, 0.29) is 18.4 Å². The van der Waals surface area contributed by atoms with E-state index in [9.17, 15) is 4.39 Å². The fourth-order valence-corrected chi connectivity index (χ4v) is 2.66. The van der Waals surface area contributed by atoms with Crippen LogP contribution < -0.4 is 15.2 Å². The van der Waals surface area contributed by atoms with E-state index in [1.54, 1.807) is 24.3 Å². The zero-order chi connectivity index (χ0) is 18.5. The molecule has 0 aliphatic carbocycles. The molecule has 1 aromatic heterocycles. The van der Waals surface area contributed by atoms with Gasteiger partial charge in [-0.05, 0) is 61.7 Å². The highest BCUT2D eigenvalue weighted by Crippen LogP contribution is 2.36. The Kier molecular flexibility index (Phi) is 5.42. The average molecular weight is 421 g/mol. The molecule has 3 aromatic rings. The predicted molar refractivity (Wildman–Crippen MR) is 96.6 cm³/mol. The third-order valence-corrected chi connectivity index (χ3v) is 3.93. The van der Waals surface area contributed by atoms with Gasteiger partial charge in [0.15, 0.2) is 11.5 Å². The van der Waals surface area contributed by atoms with Crippen molar-refractivity contribution < 1.29 is 13.9 Å². The summed E-state index contributed by atoms with van der Waals surface area (Å²) in [6.45, 7) is 0.268. The van der Waals surface area contributed by atoms with Crippen molar-refractivity contribution in [1.29, 1.82) is 0 Å². The van der Waals surface area contributed by atoms with Crippen molar-refractivity contribution in [3.8, 4) is 11.5 Å². The van der Waals surface area contributed by atoms with Crippen LogP contribution in [0.1, 0.15) is 11.1 Å². The minimum absolute atomic E-state index is 0.0755. The Labute approximate surface area is 156 Å². The molecule has 2 N–H and O–H groups in total. The van der Waals surface area contributed by atoms with E-state index in [0.717, 1.165) is 15.9 Å². The quantitative estimate of drug-likeness (QED) is 0.615. The number of hydrogen-bond donors (Lipinski definition) is 1. The van der Waals surface area contributed by atoms with Crippen molar-refractivity contribution in [2.24, 2.45) is 5.10 Å². The number of ether oxygens (including phenoxy) is 2. The molecule has 1 heterocycles. The lowest BCUT2D eigenvalue weighted by Gasteiger charge is -2.13. The largest absolute Gasteiger partial charge is 0.493 e. The highest BCUT2D eigenvalue weighted by atomic mass is 79.9. The number of hydrogen-bond acceptors (Lipinski definition) is 7. The molecule has 3 rings (SSSR count). The van der Waals surface area contributed by atoms with Gasteiger partial charge in [0, 0.05) is 0 Å². The normalized spacial score (nSPS) is 11.0. The number of aromatic nitrogens is 4. The van der Waals surface area contributed by atoms with Crippen LogP contribution in [-0.2, 0) is 6.61 Å².